The van der Waals surface area contributed by atoms with Crippen LogP contribution in [0, 0.1) is 0 Å². The van der Waals surface area contributed by atoms with E-state index in [9.17, 15) is 0 Å². The van der Waals surface area contributed by atoms with E-state index >= 15 is 0 Å². The number of benzene rings is 1. The van der Waals surface area contributed by atoms with Crippen molar-refractivity contribution in [3.05, 3.63) is 33.3 Å². The van der Waals surface area contributed by atoms with E-state index in [0.717, 1.165) is 34.6 Å². The first-order valence-corrected chi connectivity index (χ1v) is 7.57. The summed E-state index contributed by atoms with van der Waals surface area (Å²) < 4.78 is 11.3. The standard InChI is InChI=1S/C14H21BrClNO2/c1-11(13-5-4-12(15)10-14(13)16)17-6-3-7-19-9-8-18-2/h4-5,10-11,17H,3,6-9H2,1-2H3. The van der Waals surface area contributed by atoms with Crippen LogP contribution in [0.5, 0.6) is 0 Å². The van der Waals surface area contributed by atoms with Crippen molar-refractivity contribution in [1.29, 1.82) is 0 Å². The fourth-order valence-electron chi connectivity index (χ4n) is 1.70. The normalized spacial score (nSPS) is 12.6. The summed E-state index contributed by atoms with van der Waals surface area (Å²) in [7, 11) is 1.68. The molecule has 0 saturated carbocycles. The van der Waals surface area contributed by atoms with Gasteiger partial charge in [-0.1, -0.05) is 33.6 Å². The quantitative estimate of drug-likeness (QED) is 0.687. The summed E-state index contributed by atoms with van der Waals surface area (Å²) >= 11 is 9.62. The van der Waals surface area contributed by atoms with Gasteiger partial charge in [0.2, 0.25) is 0 Å². The number of hydrogen-bond donors (Lipinski definition) is 1. The van der Waals surface area contributed by atoms with Gasteiger partial charge < -0.3 is 14.8 Å². The minimum absolute atomic E-state index is 0.236. The highest BCUT2D eigenvalue weighted by molar-refractivity contribution is 9.10. The molecule has 0 spiro atoms. The molecule has 0 aliphatic rings. The fourth-order valence-corrected chi connectivity index (χ4v) is 2.54. The molecule has 0 bridgehead atoms. The molecule has 0 saturated heterocycles. The van der Waals surface area contributed by atoms with Crippen LogP contribution in [0.1, 0.15) is 24.9 Å². The number of methoxy groups -OCH3 is 1. The van der Waals surface area contributed by atoms with Crippen LogP contribution >= 0.6 is 27.5 Å². The van der Waals surface area contributed by atoms with Crippen LogP contribution in [0.2, 0.25) is 5.02 Å². The zero-order valence-electron chi connectivity index (χ0n) is 11.4. The van der Waals surface area contributed by atoms with Gasteiger partial charge in [-0.15, -0.1) is 0 Å². The lowest BCUT2D eigenvalue weighted by Crippen LogP contribution is -2.21. The molecule has 1 aromatic carbocycles. The molecule has 1 N–H and O–H groups in total. The molecular formula is C14H21BrClNO2. The summed E-state index contributed by atoms with van der Waals surface area (Å²) in [6, 6.07) is 6.20. The minimum Gasteiger partial charge on any atom is -0.382 e. The Bertz CT molecular complexity index is 376. The van der Waals surface area contributed by atoms with E-state index in [1.165, 1.54) is 0 Å². The molecule has 0 fully saturated rings. The monoisotopic (exact) mass is 349 g/mol. The van der Waals surface area contributed by atoms with E-state index in [4.69, 9.17) is 21.1 Å². The average Bonchev–Trinajstić information content (AvgIpc) is 2.37. The SMILES string of the molecule is COCCOCCCNC(C)c1ccc(Br)cc1Cl. The Morgan fingerprint density at radius 1 is 1.32 bits per heavy atom. The second kappa shape index (κ2) is 9.72. The summed E-state index contributed by atoms with van der Waals surface area (Å²) in [6.45, 7) is 5.07. The van der Waals surface area contributed by atoms with E-state index in [0.29, 0.717) is 13.2 Å². The third-order valence-electron chi connectivity index (χ3n) is 2.78. The Hall–Kier alpha value is -0.130. The first kappa shape index (κ1) is 16.9. The zero-order valence-corrected chi connectivity index (χ0v) is 13.8. The fraction of sp³-hybridized carbons (Fsp3) is 0.571. The lowest BCUT2D eigenvalue weighted by atomic mass is 10.1. The Kier molecular flexibility index (Phi) is 8.66. The number of nitrogens with one attached hydrogen (secondary N) is 1. The second-order valence-corrected chi connectivity index (χ2v) is 5.62. The van der Waals surface area contributed by atoms with Gasteiger partial charge in [0, 0.05) is 29.3 Å². The van der Waals surface area contributed by atoms with E-state index in [1.807, 2.05) is 18.2 Å². The number of rotatable bonds is 9. The Balaban J connectivity index is 2.22. The summed E-state index contributed by atoms with van der Waals surface area (Å²) in [4.78, 5) is 0. The van der Waals surface area contributed by atoms with Crippen LogP contribution in [-0.4, -0.2) is 33.5 Å². The molecule has 5 heteroatoms. The van der Waals surface area contributed by atoms with Crippen LogP contribution in [0.4, 0.5) is 0 Å². The topological polar surface area (TPSA) is 30.5 Å². The van der Waals surface area contributed by atoms with Crippen molar-refractivity contribution in [3.63, 3.8) is 0 Å². The van der Waals surface area contributed by atoms with Gasteiger partial charge in [0.05, 0.1) is 13.2 Å². The van der Waals surface area contributed by atoms with Gasteiger partial charge in [0.1, 0.15) is 0 Å². The molecular weight excluding hydrogens is 330 g/mol. The van der Waals surface area contributed by atoms with Gasteiger partial charge in [-0.25, -0.2) is 0 Å². The summed E-state index contributed by atoms with van der Waals surface area (Å²) in [5.41, 5.74) is 1.12. The molecule has 108 valence electrons. The van der Waals surface area contributed by atoms with Crippen LogP contribution in [-0.2, 0) is 9.47 Å². The largest absolute Gasteiger partial charge is 0.382 e. The number of hydrogen-bond acceptors (Lipinski definition) is 3. The van der Waals surface area contributed by atoms with E-state index in [-0.39, 0.29) is 6.04 Å². The third-order valence-corrected chi connectivity index (χ3v) is 3.60. The molecule has 0 heterocycles. The first-order chi connectivity index (χ1) is 9.15. The first-order valence-electron chi connectivity index (χ1n) is 6.40. The Morgan fingerprint density at radius 3 is 2.79 bits per heavy atom. The van der Waals surface area contributed by atoms with Crippen molar-refractivity contribution < 1.29 is 9.47 Å². The molecule has 3 nitrogen and oxygen atoms in total. The van der Waals surface area contributed by atoms with E-state index in [2.05, 4.69) is 28.2 Å². The van der Waals surface area contributed by atoms with Gasteiger partial charge in [-0.3, -0.25) is 0 Å². The predicted octanol–water partition coefficient (Wildman–Crippen LogP) is 3.81. The van der Waals surface area contributed by atoms with Gasteiger partial charge >= 0.3 is 0 Å². The molecule has 0 radical (unpaired) electrons. The molecule has 0 aliphatic heterocycles. The molecule has 0 amide bonds. The Labute approximate surface area is 128 Å². The molecule has 19 heavy (non-hydrogen) atoms. The summed E-state index contributed by atoms with van der Waals surface area (Å²) in [6.07, 6.45) is 0.974. The van der Waals surface area contributed by atoms with Crippen LogP contribution in [0.25, 0.3) is 0 Å². The zero-order chi connectivity index (χ0) is 14.1. The molecule has 1 aromatic rings. The average molecular weight is 351 g/mol. The van der Waals surface area contributed by atoms with Crippen LogP contribution in [0.15, 0.2) is 22.7 Å². The maximum atomic E-state index is 6.21. The maximum absolute atomic E-state index is 6.21. The lowest BCUT2D eigenvalue weighted by Gasteiger charge is -2.16. The second-order valence-electron chi connectivity index (χ2n) is 4.30. The van der Waals surface area contributed by atoms with Gasteiger partial charge in [0.15, 0.2) is 0 Å². The van der Waals surface area contributed by atoms with Crippen molar-refractivity contribution in [1.82, 2.24) is 5.32 Å². The van der Waals surface area contributed by atoms with Crippen molar-refractivity contribution >= 4 is 27.5 Å². The molecule has 1 unspecified atom stereocenters. The highest BCUT2D eigenvalue weighted by atomic mass is 79.9. The smallest absolute Gasteiger partial charge is 0.0700 e. The van der Waals surface area contributed by atoms with E-state index in [1.54, 1.807) is 7.11 Å². The highest BCUT2D eigenvalue weighted by Gasteiger charge is 2.08. The third kappa shape index (κ3) is 6.72. The summed E-state index contributed by atoms with van der Waals surface area (Å²) in [5, 5.41) is 4.22. The maximum Gasteiger partial charge on any atom is 0.0700 e. The minimum atomic E-state index is 0.236. The van der Waals surface area contributed by atoms with Crippen molar-refractivity contribution in [2.75, 3.05) is 33.5 Å². The molecule has 1 rings (SSSR count). The number of halogens is 2. The van der Waals surface area contributed by atoms with Crippen LogP contribution < -0.4 is 5.32 Å². The van der Waals surface area contributed by atoms with Crippen LogP contribution in [0.3, 0.4) is 0 Å². The van der Waals surface area contributed by atoms with E-state index < -0.39 is 0 Å². The Morgan fingerprint density at radius 2 is 2.11 bits per heavy atom. The molecule has 1 atom stereocenters. The van der Waals surface area contributed by atoms with Gasteiger partial charge in [-0.2, -0.15) is 0 Å². The van der Waals surface area contributed by atoms with Gasteiger partial charge in [-0.05, 0) is 37.6 Å². The predicted molar refractivity (Wildman–Crippen MR) is 82.9 cm³/mol. The number of ether oxygens (including phenoxy) is 2. The molecule has 0 aromatic heterocycles. The van der Waals surface area contributed by atoms with Gasteiger partial charge in [0.25, 0.3) is 0 Å². The van der Waals surface area contributed by atoms with Crippen molar-refractivity contribution in [2.24, 2.45) is 0 Å². The highest BCUT2D eigenvalue weighted by Crippen LogP contribution is 2.26. The summed E-state index contributed by atoms with van der Waals surface area (Å²) in [5.74, 6) is 0. The lowest BCUT2D eigenvalue weighted by molar-refractivity contribution is 0.0693. The molecule has 0 aliphatic carbocycles. The van der Waals surface area contributed by atoms with Crippen molar-refractivity contribution in [3.8, 4) is 0 Å². The van der Waals surface area contributed by atoms with Crippen molar-refractivity contribution in [2.45, 2.75) is 19.4 Å².